The van der Waals surface area contributed by atoms with Crippen LogP contribution in [0.5, 0.6) is 0 Å². The first-order chi connectivity index (χ1) is 6.52. The normalized spacial score (nSPS) is 11.1. The summed E-state index contributed by atoms with van der Waals surface area (Å²) in [5, 5.41) is 6.89. The van der Waals surface area contributed by atoms with Crippen LogP contribution in [-0.4, -0.2) is 18.7 Å². The molecule has 2 nitrogen and oxygen atoms in total. The van der Waals surface area contributed by atoms with Gasteiger partial charge in [-0.05, 0) is 24.1 Å². The predicted octanol–water partition coefficient (Wildman–Crippen LogP) is 2.69. The van der Waals surface area contributed by atoms with Crippen molar-refractivity contribution in [3.63, 3.8) is 0 Å². The average Bonchev–Trinajstić information content (AvgIpc) is 2.14. The Balaban J connectivity index is 3.65. The van der Waals surface area contributed by atoms with Crippen LogP contribution in [0.4, 0.5) is 0 Å². The highest BCUT2D eigenvalue weighted by molar-refractivity contribution is 7.80. The zero-order valence-electron chi connectivity index (χ0n) is 9.94. The van der Waals surface area contributed by atoms with Crippen molar-refractivity contribution < 1.29 is 0 Å². The maximum Gasteiger partial charge on any atom is 0.166 e. The van der Waals surface area contributed by atoms with Crippen LogP contribution < -0.4 is 10.6 Å². The van der Waals surface area contributed by atoms with E-state index in [1.165, 1.54) is 25.7 Å². The van der Waals surface area contributed by atoms with Gasteiger partial charge in [-0.1, -0.05) is 40.0 Å². The lowest BCUT2D eigenvalue weighted by molar-refractivity contribution is 0.319. The molecule has 0 aliphatic rings. The second-order valence-corrected chi connectivity index (χ2v) is 4.96. The fourth-order valence-corrected chi connectivity index (χ4v) is 1.42. The summed E-state index contributed by atoms with van der Waals surface area (Å²) < 4.78 is 0. The fraction of sp³-hybridized carbons (Fsp3) is 0.909. The smallest absolute Gasteiger partial charge is 0.166 e. The van der Waals surface area contributed by atoms with Crippen molar-refractivity contribution in [1.82, 2.24) is 10.6 Å². The molecule has 0 spiro atoms. The monoisotopic (exact) mass is 216 g/mol. The Morgan fingerprint density at radius 1 is 1.29 bits per heavy atom. The summed E-state index contributed by atoms with van der Waals surface area (Å²) in [7, 11) is 1.85. The number of nitrogens with one attached hydrogen (secondary N) is 2. The number of hydrogen-bond acceptors (Lipinski definition) is 1. The van der Waals surface area contributed by atoms with Gasteiger partial charge in [-0.25, -0.2) is 0 Å². The maximum absolute atomic E-state index is 5.04. The first-order valence-electron chi connectivity index (χ1n) is 5.47. The van der Waals surface area contributed by atoms with Gasteiger partial charge in [0.25, 0.3) is 0 Å². The largest absolute Gasteiger partial charge is 0.366 e. The Kier molecular flexibility index (Phi) is 6.89. The third kappa shape index (κ3) is 7.13. The summed E-state index contributed by atoms with van der Waals surface area (Å²) in [4.78, 5) is 0. The van der Waals surface area contributed by atoms with Gasteiger partial charge in [-0.2, -0.15) is 0 Å². The third-order valence-corrected chi connectivity index (χ3v) is 2.76. The van der Waals surface area contributed by atoms with Crippen molar-refractivity contribution in [2.75, 3.05) is 13.6 Å². The van der Waals surface area contributed by atoms with E-state index in [9.17, 15) is 0 Å². The molecule has 14 heavy (non-hydrogen) atoms. The zero-order valence-corrected chi connectivity index (χ0v) is 10.8. The van der Waals surface area contributed by atoms with Crippen molar-refractivity contribution in [3.05, 3.63) is 0 Å². The Morgan fingerprint density at radius 2 is 1.93 bits per heavy atom. The molecule has 0 fully saturated rings. The van der Waals surface area contributed by atoms with Crippen LogP contribution in [0.25, 0.3) is 0 Å². The van der Waals surface area contributed by atoms with Crippen molar-refractivity contribution in [2.45, 2.75) is 46.5 Å². The summed E-state index contributed by atoms with van der Waals surface area (Å²) in [5.41, 5.74) is 0.343. The minimum atomic E-state index is 0.343. The van der Waals surface area contributed by atoms with Crippen LogP contribution in [0.3, 0.4) is 0 Å². The van der Waals surface area contributed by atoms with Crippen LogP contribution in [0.1, 0.15) is 46.5 Å². The molecule has 0 saturated heterocycles. The van der Waals surface area contributed by atoms with Crippen LogP contribution in [-0.2, 0) is 0 Å². The fourth-order valence-electron chi connectivity index (χ4n) is 1.35. The molecule has 3 heteroatoms. The van der Waals surface area contributed by atoms with Gasteiger partial charge in [0.05, 0.1) is 0 Å². The molecule has 2 N–H and O–H groups in total. The van der Waals surface area contributed by atoms with Gasteiger partial charge in [-0.3, -0.25) is 0 Å². The number of unbranched alkanes of at least 4 members (excludes halogenated alkanes) is 2. The molecule has 0 aromatic carbocycles. The molecule has 0 rings (SSSR count). The standard InChI is InChI=1S/C11H24N2S/c1-5-6-7-8-11(2,3)9-13-10(14)12-4/h5-9H2,1-4H3,(H2,12,13,14). The predicted molar refractivity (Wildman–Crippen MR) is 67.6 cm³/mol. The van der Waals surface area contributed by atoms with E-state index in [2.05, 4.69) is 31.4 Å². The minimum absolute atomic E-state index is 0.343. The summed E-state index contributed by atoms with van der Waals surface area (Å²) >= 11 is 5.04. The van der Waals surface area contributed by atoms with E-state index < -0.39 is 0 Å². The Morgan fingerprint density at radius 3 is 2.43 bits per heavy atom. The van der Waals surface area contributed by atoms with Gasteiger partial charge in [-0.15, -0.1) is 0 Å². The highest BCUT2D eigenvalue weighted by atomic mass is 32.1. The Hall–Kier alpha value is -0.310. The first kappa shape index (κ1) is 13.7. The lowest BCUT2D eigenvalue weighted by Crippen LogP contribution is -2.38. The molecule has 0 aromatic heterocycles. The van der Waals surface area contributed by atoms with Gasteiger partial charge < -0.3 is 10.6 Å². The van der Waals surface area contributed by atoms with E-state index in [-0.39, 0.29) is 0 Å². The van der Waals surface area contributed by atoms with Gasteiger partial charge in [0.15, 0.2) is 5.11 Å². The van der Waals surface area contributed by atoms with E-state index in [0.29, 0.717) is 5.41 Å². The number of hydrogen-bond donors (Lipinski definition) is 2. The van der Waals surface area contributed by atoms with Crippen molar-refractivity contribution in [1.29, 1.82) is 0 Å². The summed E-state index contributed by atoms with van der Waals surface area (Å²) in [6.07, 6.45) is 5.20. The summed E-state index contributed by atoms with van der Waals surface area (Å²) in [6.45, 7) is 7.76. The molecule has 0 heterocycles. The second kappa shape index (κ2) is 7.04. The topological polar surface area (TPSA) is 24.1 Å². The van der Waals surface area contributed by atoms with Gasteiger partial charge in [0, 0.05) is 13.6 Å². The highest BCUT2D eigenvalue weighted by Crippen LogP contribution is 2.22. The molecule has 0 aromatic rings. The van der Waals surface area contributed by atoms with Crippen molar-refractivity contribution >= 4 is 17.3 Å². The minimum Gasteiger partial charge on any atom is -0.366 e. The summed E-state index contributed by atoms with van der Waals surface area (Å²) in [6, 6.07) is 0. The Bertz CT molecular complexity index is 167. The van der Waals surface area contributed by atoms with Crippen LogP contribution in [0.15, 0.2) is 0 Å². The molecule has 0 aliphatic carbocycles. The molecule has 0 aliphatic heterocycles. The molecule has 0 radical (unpaired) electrons. The van der Waals surface area contributed by atoms with E-state index >= 15 is 0 Å². The van der Waals surface area contributed by atoms with E-state index in [1.54, 1.807) is 0 Å². The molecule has 0 atom stereocenters. The molecular weight excluding hydrogens is 192 g/mol. The lowest BCUT2D eigenvalue weighted by atomic mass is 9.87. The van der Waals surface area contributed by atoms with Crippen LogP contribution in [0, 0.1) is 5.41 Å². The molecule has 0 saturated carbocycles. The first-order valence-corrected chi connectivity index (χ1v) is 5.88. The zero-order chi connectivity index (χ0) is 11.0. The maximum atomic E-state index is 5.04. The van der Waals surface area contributed by atoms with Gasteiger partial charge in [0.2, 0.25) is 0 Å². The SMILES string of the molecule is CCCCCC(C)(C)CNC(=S)NC. The molecule has 0 unspecified atom stereocenters. The van der Waals surface area contributed by atoms with E-state index in [0.717, 1.165) is 11.7 Å². The lowest BCUT2D eigenvalue weighted by Gasteiger charge is -2.25. The van der Waals surface area contributed by atoms with Crippen molar-refractivity contribution in [3.8, 4) is 0 Å². The third-order valence-electron chi connectivity index (χ3n) is 2.41. The van der Waals surface area contributed by atoms with Crippen LogP contribution >= 0.6 is 12.2 Å². The molecular formula is C11H24N2S. The summed E-state index contributed by atoms with van der Waals surface area (Å²) in [5.74, 6) is 0. The highest BCUT2D eigenvalue weighted by Gasteiger charge is 2.16. The van der Waals surface area contributed by atoms with Crippen LogP contribution in [0.2, 0.25) is 0 Å². The molecule has 0 bridgehead atoms. The van der Waals surface area contributed by atoms with Crippen molar-refractivity contribution in [2.24, 2.45) is 5.41 Å². The quantitative estimate of drug-likeness (QED) is 0.527. The number of rotatable bonds is 6. The van der Waals surface area contributed by atoms with E-state index in [4.69, 9.17) is 12.2 Å². The molecule has 0 amide bonds. The second-order valence-electron chi connectivity index (χ2n) is 4.55. The Labute approximate surface area is 93.8 Å². The average molecular weight is 216 g/mol. The van der Waals surface area contributed by atoms with Gasteiger partial charge in [0.1, 0.15) is 0 Å². The van der Waals surface area contributed by atoms with E-state index in [1.807, 2.05) is 7.05 Å². The number of thiocarbonyl (C=S) groups is 1. The van der Waals surface area contributed by atoms with Gasteiger partial charge >= 0.3 is 0 Å². The molecule has 84 valence electrons.